The van der Waals surface area contributed by atoms with E-state index in [4.69, 9.17) is 0 Å². The molecule has 1 aromatic rings. The van der Waals surface area contributed by atoms with Crippen molar-refractivity contribution in [2.75, 3.05) is 0 Å². The van der Waals surface area contributed by atoms with Crippen molar-refractivity contribution in [3.05, 3.63) is 21.9 Å². The van der Waals surface area contributed by atoms with E-state index in [2.05, 4.69) is 0 Å². The maximum atomic E-state index is 10.7. The number of carbonyl (C=O) groups excluding carboxylic acids is 2. The molecule has 0 saturated heterocycles. The molecule has 0 fully saturated rings. The van der Waals surface area contributed by atoms with E-state index < -0.39 is 0 Å². The van der Waals surface area contributed by atoms with Gasteiger partial charge >= 0.3 is 0 Å². The highest BCUT2D eigenvalue weighted by atomic mass is 32.1. The van der Waals surface area contributed by atoms with Crippen LogP contribution in [0.5, 0.6) is 0 Å². The lowest BCUT2D eigenvalue weighted by molar-refractivity contribution is 0.101. The average Bonchev–Trinajstić information content (AvgIpc) is 2.34. The van der Waals surface area contributed by atoms with Crippen molar-refractivity contribution >= 4 is 23.4 Å². The Labute approximate surface area is 62.5 Å². The van der Waals surface area contributed by atoms with Crippen LogP contribution in [0, 0.1) is 0 Å². The van der Waals surface area contributed by atoms with Gasteiger partial charge in [-0.1, -0.05) is 0 Å². The van der Waals surface area contributed by atoms with Crippen LogP contribution in [-0.4, -0.2) is 12.1 Å². The van der Waals surface area contributed by atoms with E-state index in [1.165, 1.54) is 18.3 Å². The van der Waals surface area contributed by atoms with Crippen molar-refractivity contribution < 1.29 is 9.59 Å². The molecule has 0 bridgehead atoms. The van der Waals surface area contributed by atoms with Crippen molar-refractivity contribution in [1.82, 2.24) is 0 Å². The van der Waals surface area contributed by atoms with Gasteiger partial charge in [-0.15, -0.1) is 11.3 Å². The predicted molar refractivity (Wildman–Crippen MR) is 39.7 cm³/mol. The Balaban J connectivity index is 2.98. The van der Waals surface area contributed by atoms with E-state index in [9.17, 15) is 9.59 Å². The summed E-state index contributed by atoms with van der Waals surface area (Å²) >= 11 is 1.29. The number of aldehydes is 1. The summed E-state index contributed by atoms with van der Waals surface area (Å²) in [4.78, 5) is 21.4. The summed E-state index contributed by atoms with van der Waals surface area (Å²) in [7, 11) is 0. The molecule has 10 heavy (non-hydrogen) atoms. The SMILES string of the molecule is CC(=O)c1csc(C=O)c1. The van der Waals surface area contributed by atoms with Crippen LogP contribution in [0.25, 0.3) is 0 Å². The highest BCUT2D eigenvalue weighted by Crippen LogP contribution is 2.12. The highest BCUT2D eigenvalue weighted by Gasteiger charge is 2.01. The fourth-order valence-corrected chi connectivity index (χ4v) is 1.35. The Kier molecular flexibility index (Phi) is 1.97. The molecule has 0 amide bonds. The topological polar surface area (TPSA) is 34.1 Å². The molecule has 52 valence electrons. The first-order valence-corrected chi connectivity index (χ1v) is 3.66. The smallest absolute Gasteiger partial charge is 0.160 e. The zero-order valence-corrected chi connectivity index (χ0v) is 6.27. The van der Waals surface area contributed by atoms with Gasteiger partial charge in [-0.3, -0.25) is 9.59 Å². The van der Waals surface area contributed by atoms with E-state index in [-0.39, 0.29) is 5.78 Å². The molecule has 0 aliphatic heterocycles. The molecule has 0 radical (unpaired) electrons. The van der Waals surface area contributed by atoms with Crippen LogP contribution in [0.2, 0.25) is 0 Å². The first-order valence-electron chi connectivity index (χ1n) is 2.78. The van der Waals surface area contributed by atoms with Crippen LogP contribution in [0.4, 0.5) is 0 Å². The van der Waals surface area contributed by atoms with Gasteiger partial charge in [0, 0.05) is 10.9 Å². The van der Waals surface area contributed by atoms with Crippen LogP contribution in [0.15, 0.2) is 11.4 Å². The van der Waals surface area contributed by atoms with Crippen LogP contribution in [0.1, 0.15) is 27.0 Å². The highest BCUT2D eigenvalue weighted by molar-refractivity contribution is 7.12. The Hall–Kier alpha value is -0.960. The molecule has 1 rings (SSSR count). The molecular weight excluding hydrogens is 148 g/mol. The second kappa shape index (κ2) is 2.75. The molecule has 0 spiro atoms. The summed E-state index contributed by atoms with van der Waals surface area (Å²) in [5, 5.41) is 1.69. The fraction of sp³-hybridized carbons (Fsp3) is 0.143. The number of rotatable bonds is 2. The monoisotopic (exact) mass is 154 g/mol. The molecule has 0 aliphatic rings. The minimum absolute atomic E-state index is 0.00403. The largest absolute Gasteiger partial charge is 0.297 e. The Morgan fingerprint density at radius 1 is 1.70 bits per heavy atom. The van der Waals surface area contributed by atoms with E-state index in [1.54, 1.807) is 11.4 Å². The molecule has 3 heteroatoms. The normalized spacial score (nSPS) is 9.30. The maximum absolute atomic E-state index is 10.7. The second-order valence-corrected chi connectivity index (χ2v) is 2.85. The third-order valence-corrected chi connectivity index (χ3v) is 2.00. The Morgan fingerprint density at radius 2 is 2.40 bits per heavy atom. The van der Waals surface area contributed by atoms with E-state index in [1.807, 2.05) is 0 Å². The summed E-state index contributed by atoms with van der Waals surface area (Å²) in [5.74, 6) is 0.00403. The quantitative estimate of drug-likeness (QED) is 0.480. The van der Waals surface area contributed by atoms with Gasteiger partial charge in [0.1, 0.15) is 0 Å². The minimum Gasteiger partial charge on any atom is -0.297 e. The Bertz CT molecular complexity index is 262. The lowest BCUT2D eigenvalue weighted by Crippen LogP contribution is -1.86. The van der Waals surface area contributed by atoms with Crippen molar-refractivity contribution in [3.8, 4) is 0 Å². The molecule has 1 aromatic heterocycles. The maximum Gasteiger partial charge on any atom is 0.160 e. The molecule has 0 N–H and O–H groups in total. The second-order valence-electron chi connectivity index (χ2n) is 1.91. The standard InChI is InChI=1S/C7H6O2S/c1-5(9)6-2-7(3-8)10-4-6/h2-4H,1H3. The molecule has 2 nitrogen and oxygen atoms in total. The van der Waals surface area contributed by atoms with Gasteiger partial charge in [0.25, 0.3) is 0 Å². The van der Waals surface area contributed by atoms with Crippen molar-refractivity contribution in [3.63, 3.8) is 0 Å². The van der Waals surface area contributed by atoms with Gasteiger partial charge < -0.3 is 0 Å². The average molecular weight is 154 g/mol. The van der Waals surface area contributed by atoms with E-state index in [0.29, 0.717) is 10.4 Å². The predicted octanol–water partition coefficient (Wildman–Crippen LogP) is 1.76. The van der Waals surface area contributed by atoms with Crippen molar-refractivity contribution in [1.29, 1.82) is 0 Å². The number of hydrogen-bond acceptors (Lipinski definition) is 3. The van der Waals surface area contributed by atoms with Crippen LogP contribution >= 0.6 is 11.3 Å². The zero-order valence-electron chi connectivity index (χ0n) is 5.46. The van der Waals surface area contributed by atoms with Gasteiger partial charge in [-0.2, -0.15) is 0 Å². The fourth-order valence-electron chi connectivity index (χ4n) is 0.599. The summed E-state index contributed by atoms with van der Waals surface area (Å²) in [6, 6.07) is 1.60. The van der Waals surface area contributed by atoms with Gasteiger partial charge in [-0.25, -0.2) is 0 Å². The molecule has 0 aromatic carbocycles. The van der Waals surface area contributed by atoms with Gasteiger partial charge in [0.2, 0.25) is 0 Å². The first-order chi connectivity index (χ1) is 4.74. The summed E-state index contributed by atoms with van der Waals surface area (Å²) in [6.07, 6.45) is 0.747. The van der Waals surface area contributed by atoms with Crippen molar-refractivity contribution in [2.24, 2.45) is 0 Å². The molecular formula is C7H6O2S. The number of ketones is 1. The van der Waals surface area contributed by atoms with Gasteiger partial charge in [0.15, 0.2) is 12.1 Å². The summed E-state index contributed by atoms with van der Waals surface area (Å²) in [5.41, 5.74) is 0.618. The molecule has 0 aliphatic carbocycles. The number of hydrogen-bond donors (Lipinski definition) is 0. The number of carbonyl (C=O) groups is 2. The number of thiophene rings is 1. The van der Waals surface area contributed by atoms with Gasteiger partial charge in [-0.05, 0) is 13.0 Å². The molecule has 0 unspecified atom stereocenters. The molecule has 1 heterocycles. The minimum atomic E-state index is 0.00403. The van der Waals surface area contributed by atoms with Crippen LogP contribution < -0.4 is 0 Å². The van der Waals surface area contributed by atoms with E-state index in [0.717, 1.165) is 6.29 Å². The molecule has 0 saturated carbocycles. The first kappa shape index (κ1) is 7.15. The summed E-state index contributed by atoms with van der Waals surface area (Å²) in [6.45, 7) is 1.48. The van der Waals surface area contributed by atoms with Crippen molar-refractivity contribution in [2.45, 2.75) is 6.92 Å². The van der Waals surface area contributed by atoms with Crippen LogP contribution in [0.3, 0.4) is 0 Å². The molecule has 0 atom stereocenters. The zero-order chi connectivity index (χ0) is 7.56. The summed E-state index contributed by atoms with van der Waals surface area (Å²) < 4.78 is 0. The Morgan fingerprint density at radius 3 is 2.70 bits per heavy atom. The lowest BCUT2D eigenvalue weighted by Gasteiger charge is -1.80. The number of Topliss-reactive ketones (excluding diaryl/α,β-unsaturated/α-hetero) is 1. The van der Waals surface area contributed by atoms with E-state index >= 15 is 0 Å². The third kappa shape index (κ3) is 1.30. The van der Waals surface area contributed by atoms with Gasteiger partial charge in [0.05, 0.1) is 4.88 Å². The third-order valence-electron chi connectivity index (χ3n) is 1.14. The van der Waals surface area contributed by atoms with Crippen LogP contribution in [-0.2, 0) is 0 Å². The lowest BCUT2D eigenvalue weighted by atomic mass is 10.2.